The predicted molar refractivity (Wildman–Crippen MR) is 97.9 cm³/mol. The molecule has 2 N–H and O–H groups in total. The Morgan fingerprint density at radius 1 is 1.13 bits per heavy atom. The molecule has 5 nitrogen and oxygen atoms in total. The summed E-state index contributed by atoms with van der Waals surface area (Å²) in [5.74, 6) is 0.863. The van der Waals surface area contributed by atoms with Crippen molar-refractivity contribution in [2.45, 2.75) is 25.9 Å². The second-order valence-electron chi connectivity index (χ2n) is 6.42. The number of nitrogens with zero attached hydrogens (tertiary/aromatic N) is 3. The van der Waals surface area contributed by atoms with E-state index in [0.717, 1.165) is 38.7 Å². The average Bonchev–Trinajstić information content (AvgIpc) is 2.59. The first-order valence-corrected chi connectivity index (χ1v) is 8.55. The van der Waals surface area contributed by atoms with Gasteiger partial charge >= 0.3 is 0 Å². The van der Waals surface area contributed by atoms with E-state index in [1.165, 1.54) is 5.56 Å². The molecule has 1 aromatic rings. The molecule has 0 spiro atoms. The quantitative estimate of drug-likeness (QED) is 0.639. The highest BCUT2D eigenvalue weighted by Crippen LogP contribution is 2.10. The standard InChI is InChI=1S/C18H31N5/c1-15(23-12-10-22(4)11-13-23)14-20-18(19-3)21-16(2)17-8-6-5-7-9-17/h5-9,15-16H,10-14H2,1-4H3,(H2,19,20,21). The van der Waals surface area contributed by atoms with Gasteiger partial charge in [0.25, 0.3) is 0 Å². The largest absolute Gasteiger partial charge is 0.355 e. The van der Waals surface area contributed by atoms with Crippen molar-refractivity contribution in [3.63, 3.8) is 0 Å². The highest BCUT2D eigenvalue weighted by Gasteiger charge is 2.19. The van der Waals surface area contributed by atoms with Crippen LogP contribution in [0.2, 0.25) is 0 Å². The molecule has 23 heavy (non-hydrogen) atoms. The van der Waals surface area contributed by atoms with Gasteiger partial charge in [-0.2, -0.15) is 0 Å². The smallest absolute Gasteiger partial charge is 0.191 e. The number of benzene rings is 1. The van der Waals surface area contributed by atoms with E-state index in [9.17, 15) is 0 Å². The van der Waals surface area contributed by atoms with Crippen molar-refractivity contribution in [1.29, 1.82) is 0 Å². The second-order valence-corrected chi connectivity index (χ2v) is 6.42. The van der Waals surface area contributed by atoms with Crippen molar-refractivity contribution in [1.82, 2.24) is 20.4 Å². The molecular formula is C18H31N5. The van der Waals surface area contributed by atoms with E-state index < -0.39 is 0 Å². The molecule has 1 saturated heterocycles. The van der Waals surface area contributed by atoms with Gasteiger partial charge in [-0.15, -0.1) is 0 Å². The zero-order valence-corrected chi connectivity index (χ0v) is 14.9. The van der Waals surface area contributed by atoms with Crippen LogP contribution in [0.4, 0.5) is 0 Å². The molecule has 1 heterocycles. The van der Waals surface area contributed by atoms with Crippen LogP contribution in [-0.2, 0) is 0 Å². The predicted octanol–water partition coefficient (Wildman–Crippen LogP) is 1.55. The third kappa shape index (κ3) is 5.52. The molecule has 1 aliphatic rings. The molecule has 0 bridgehead atoms. The molecule has 0 radical (unpaired) electrons. The molecule has 2 atom stereocenters. The van der Waals surface area contributed by atoms with Gasteiger partial charge in [-0.3, -0.25) is 9.89 Å². The summed E-state index contributed by atoms with van der Waals surface area (Å²) in [6.45, 7) is 9.95. The summed E-state index contributed by atoms with van der Waals surface area (Å²) in [6.07, 6.45) is 0. The first-order valence-electron chi connectivity index (χ1n) is 8.55. The van der Waals surface area contributed by atoms with E-state index in [2.05, 4.69) is 70.6 Å². The fraction of sp³-hybridized carbons (Fsp3) is 0.611. The van der Waals surface area contributed by atoms with Crippen LogP contribution in [0.3, 0.4) is 0 Å². The van der Waals surface area contributed by atoms with Crippen LogP contribution in [0.15, 0.2) is 35.3 Å². The maximum absolute atomic E-state index is 4.35. The molecule has 0 amide bonds. The van der Waals surface area contributed by atoms with Gasteiger partial charge in [0.05, 0.1) is 6.04 Å². The maximum atomic E-state index is 4.35. The lowest BCUT2D eigenvalue weighted by Gasteiger charge is -2.36. The molecule has 1 aliphatic heterocycles. The van der Waals surface area contributed by atoms with E-state index in [-0.39, 0.29) is 6.04 Å². The fourth-order valence-corrected chi connectivity index (χ4v) is 2.86. The van der Waals surface area contributed by atoms with Crippen LogP contribution >= 0.6 is 0 Å². The number of aliphatic imine (C=N–C) groups is 1. The number of rotatable bonds is 5. The highest BCUT2D eigenvalue weighted by molar-refractivity contribution is 5.80. The summed E-state index contributed by atoms with van der Waals surface area (Å²) in [5, 5.41) is 6.92. The lowest BCUT2D eigenvalue weighted by Crippen LogP contribution is -2.52. The van der Waals surface area contributed by atoms with Gasteiger partial charge in [-0.1, -0.05) is 30.3 Å². The van der Waals surface area contributed by atoms with Crippen molar-refractivity contribution < 1.29 is 0 Å². The van der Waals surface area contributed by atoms with Crippen molar-refractivity contribution >= 4 is 5.96 Å². The van der Waals surface area contributed by atoms with E-state index >= 15 is 0 Å². The van der Waals surface area contributed by atoms with Crippen LogP contribution in [0.1, 0.15) is 25.5 Å². The Morgan fingerprint density at radius 3 is 2.39 bits per heavy atom. The molecule has 2 rings (SSSR count). The number of piperazine rings is 1. The van der Waals surface area contributed by atoms with Crippen LogP contribution in [0, 0.1) is 0 Å². The first-order chi connectivity index (χ1) is 11.1. The van der Waals surface area contributed by atoms with Crippen LogP contribution in [0.25, 0.3) is 0 Å². The Morgan fingerprint density at radius 2 is 1.78 bits per heavy atom. The molecule has 128 valence electrons. The number of hydrogen-bond donors (Lipinski definition) is 2. The molecule has 0 aromatic heterocycles. The van der Waals surface area contributed by atoms with E-state index in [1.54, 1.807) is 0 Å². The topological polar surface area (TPSA) is 42.9 Å². The summed E-state index contributed by atoms with van der Waals surface area (Å²) >= 11 is 0. The van der Waals surface area contributed by atoms with E-state index in [1.807, 2.05) is 13.1 Å². The molecule has 2 unspecified atom stereocenters. The minimum atomic E-state index is 0.237. The van der Waals surface area contributed by atoms with Crippen molar-refractivity contribution in [3.05, 3.63) is 35.9 Å². The van der Waals surface area contributed by atoms with E-state index in [4.69, 9.17) is 0 Å². The summed E-state index contributed by atoms with van der Waals surface area (Å²) < 4.78 is 0. The minimum absolute atomic E-state index is 0.237. The lowest BCUT2D eigenvalue weighted by molar-refractivity contribution is 0.120. The maximum Gasteiger partial charge on any atom is 0.191 e. The van der Waals surface area contributed by atoms with Crippen molar-refractivity contribution in [3.8, 4) is 0 Å². The van der Waals surface area contributed by atoms with Gasteiger partial charge in [-0.05, 0) is 26.5 Å². The minimum Gasteiger partial charge on any atom is -0.355 e. The normalized spacial score (nSPS) is 20.1. The SMILES string of the molecule is CN=C(NCC(C)N1CCN(C)CC1)NC(C)c1ccccc1. The van der Waals surface area contributed by atoms with Gasteiger partial charge in [0.15, 0.2) is 5.96 Å². The number of likely N-dealkylation sites (N-methyl/N-ethyl adjacent to an activating group) is 1. The number of guanidine groups is 1. The van der Waals surface area contributed by atoms with Crippen molar-refractivity contribution in [2.24, 2.45) is 4.99 Å². The number of nitrogens with one attached hydrogen (secondary N) is 2. The highest BCUT2D eigenvalue weighted by atomic mass is 15.3. The fourth-order valence-electron chi connectivity index (χ4n) is 2.86. The summed E-state index contributed by atoms with van der Waals surface area (Å²) in [4.78, 5) is 9.28. The molecule has 0 aliphatic carbocycles. The molecule has 5 heteroatoms. The van der Waals surface area contributed by atoms with Gasteiger partial charge in [0.1, 0.15) is 0 Å². The summed E-state index contributed by atoms with van der Waals surface area (Å²) in [7, 11) is 4.02. The van der Waals surface area contributed by atoms with Gasteiger partial charge in [0.2, 0.25) is 0 Å². The van der Waals surface area contributed by atoms with Crippen molar-refractivity contribution in [2.75, 3.05) is 46.8 Å². The van der Waals surface area contributed by atoms with Gasteiger partial charge in [-0.25, -0.2) is 0 Å². The summed E-state index contributed by atoms with van der Waals surface area (Å²) in [6, 6.07) is 11.2. The van der Waals surface area contributed by atoms with Gasteiger partial charge in [0, 0.05) is 45.8 Å². The van der Waals surface area contributed by atoms with Gasteiger partial charge < -0.3 is 15.5 Å². The lowest BCUT2D eigenvalue weighted by atomic mass is 10.1. The zero-order chi connectivity index (χ0) is 16.7. The Bertz CT molecular complexity index is 479. The molecule has 1 aromatic carbocycles. The first kappa shape index (κ1) is 17.8. The Kier molecular flexibility index (Phi) is 6.86. The average molecular weight is 317 g/mol. The molecule has 0 saturated carbocycles. The Labute approximate surface area is 140 Å². The van der Waals surface area contributed by atoms with Crippen LogP contribution < -0.4 is 10.6 Å². The molecule has 1 fully saturated rings. The third-order valence-electron chi connectivity index (χ3n) is 4.60. The molecular weight excluding hydrogens is 286 g/mol. The summed E-state index contributed by atoms with van der Waals surface area (Å²) in [5.41, 5.74) is 1.27. The monoisotopic (exact) mass is 317 g/mol. The third-order valence-corrected chi connectivity index (χ3v) is 4.60. The Hall–Kier alpha value is -1.59. The van der Waals surface area contributed by atoms with Crippen LogP contribution in [-0.4, -0.2) is 68.6 Å². The van der Waals surface area contributed by atoms with Crippen LogP contribution in [0.5, 0.6) is 0 Å². The zero-order valence-electron chi connectivity index (χ0n) is 14.9. The van der Waals surface area contributed by atoms with E-state index in [0.29, 0.717) is 6.04 Å². The Balaban J connectivity index is 1.78. The number of hydrogen-bond acceptors (Lipinski definition) is 3. The second kappa shape index (κ2) is 8.89.